The van der Waals surface area contributed by atoms with E-state index < -0.39 is 6.04 Å². The van der Waals surface area contributed by atoms with Gasteiger partial charge >= 0.3 is 5.97 Å². The standard InChI is InChI=1S/C22H32N2O3S/c1-3-5-6-7-8-9-10-11-15-20(25)24-19(22(26)27-4-2)17-28-21(24)18-14-12-13-16-23-18/h3,12-14,16,19,21H,1,4-11,15,17H2,2H3. The average molecular weight is 405 g/mol. The van der Waals surface area contributed by atoms with Gasteiger partial charge in [0.05, 0.1) is 12.3 Å². The third-order valence-corrected chi connectivity index (χ3v) is 6.13. The first-order valence-electron chi connectivity index (χ1n) is 10.3. The molecule has 1 aliphatic heterocycles. The Labute approximate surface area is 172 Å². The monoisotopic (exact) mass is 404 g/mol. The van der Waals surface area contributed by atoms with E-state index in [1.54, 1.807) is 29.8 Å². The molecule has 2 atom stereocenters. The number of rotatable bonds is 12. The average Bonchev–Trinajstić information content (AvgIpc) is 3.16. The molecule has 0 aliphatic carbocycles. The van der Waals surface area contributed by atoms with Crippen molar-refractivity contribution in [3.8, 4) is 0 Å². The van der Waals surface area contributed by atoms with Crippen LogP contribution in [-0.2, 0) is 14.3 Å². The van der Waals surface area contributed by atoms with Crippen molar-refractivity contribution in [1.29, 1.82) is 0 Å². The Hall–Kier alpha value is -1.82. The van der Waals surface area contributed by atoms with Crippen molar-refractivity contribution in [2.45, 2.75) is 69.7 Å². The van der Waals surface area contributed by atoms with Crippen molar-refractivity contribution in [2.75, 3.05) is 12.4 Å². The van der Waals surface area contributed by atoms with E-state index in [0.29, 0.717) is 18.8 Å². The Bertz CT molecular complexity index is 623. The number of hydrogen-bond acceptors (Lipinski definition) is 5. The van der Waals surface area contributed by atoms with Gasteiger partial charge in [0.1, 0.15) is 11.4 Å². The predicted molar refractivity (Wildman–Crippen MR) is 114 cm³/mol. The van der Waals surface area contributed by atoms with Crippen molar-refractivity contribution in [3.05, 3.63) is 42.7 Å². The highest BCUT2D eigenvalue weighted by molar-refractivity contribution is 7.99. The summed E-state index contributed by atoms with van der Waals surface area (Å²) in [6, 6.07) is 5.15. The number of carbonyl (C=O) groups excluding carboxylic acids is 2. The number of allylic oxidation sites excluding steroid dienone is 1. The summed E-state index contributed by atoms with van der Waals surface area (Å²) in [5.74, 6) is 0.254. The van der Waals surface area contributed by atoms with Gasteiger partial charge in [-0.3, -0.25) is 9.78 Å². The van der Waals surface area contributed by atoms with Crippen LogP contribution in [0, 0.1) is 0 Å². The van der Waals surface area contributed by atoms with Crippen LogP contribution in [0.1, 0.15) is 69.4 Å². The van der Waals surface area contributed by atoms with Gasteiger partial charge in [-0.25, -0.2) is 4.79 Å². The van der Waals surface area contributed by atoms with Crippen LogP contribution in [0.15, 0.2) is 37.1 Å². The second-order valence-electron chi connectivity index (χ2n) is 6.96. The molecular formula is C22H32N2O3S. The lowest BCUT2D eigenvalue weighted by atomic mass is 10.1. The zero-order valence-corrected chi connectivity index (χ0v) is 17.7. The van der Waals surface area contributed by atoms with Gasteiger partial charge in [-0.1, -0.05) is 37.8 Å². The molecule has 2 unspecified atom stereocenters. The van der Waals surface area contributed by atoms with E-state index >= 15 is 0 Å². The number of nitrogens with zero attached hydrogens (tertiary/aromatic N) is 2. The third-order valence-electron chi connectivity index (χ3n) is 4.84. The molecule has 0 bridgehead atoms. The quantitative estimate of drug-likeness (QED) is 0.282. The van der Waals surface area contributed by atoms with Crippen molar-refractivity contribution < 1.29 is 14.3 Å². The largest absolute Gasteiger partial charge is 0.464 e. The van der Waals surface area contributed by atoms with Crippen LogP contribution in [0.5, 0.6) is 0 Å². The number of amides is 1. The Kier molecular flexibility index (Phi) is 10.1. The van der Waals surface area contributed by atoms with Crippen LogP contribution >= 0.6 is 11.8 Å². The summed E-state index contributed by atoms with van der Waals surface area (Å²) in [5.41, 5.74) is 0.815. The smallest absolute Gasteiger partial charge is 0.329 e. The second kappa shape index (κ2) is 12.6. The molecule has 2 rings (SSSR count). The van der Waals surface area contributed by atoms with Crippen molar-refractivity contribution >= 4 is 23.6 Å². The topological polar surface area (TPSA) is 59.5 Å². The maximum absolute atomic E-state index is 13.0. The highest BCUT2D eigenvalue weighted by Gasteiger charge is 2.43. The van der Waals surface area contributed by atoms with Crippen LogP contribution in [-0.4, -0.2) is 40.2 Å². The lowest BCUT2D eigenvalue weighted by molar-refractivity contribution is -0.153. The van der Waals surface area contributed by atoms with E-state index in [9.17, 15) is 9.59 Å². The minimum absolute atomic E-state index is 0.0189. The van der Waals surface area contributed by atoms with Crippen molar-refractivity contribution in [1.82, 2.24) is 9.88 Å². The van der Waals surface area contributed by atoms with Crippen LogP contribution < -0.4 is 0 Å². The number of pyridine rings is 1. The Morgan fingerprint density at radius 1 is 1.25 bits per heavy atom. The van der Waals surface area contributed by atoms with E-state index in [1.165, 1.54) is 19.3 Å². The molecule has 1 saturated heterocycles. The molecular weight excluding hydrogens is 372 g/mol. The molecule has 1 fully saturated rings. The summed E-state index contributed by atoms with van der Waals surface area (Å²) in [6.45, 7) is 5.85. The zero-order chi connectivity index (χ0) is 20.2. The molecule has 1 aromatic heterocycles. The Morgan fingerprint density at radius 2 is 2.00 bits per heavy atom. The minimum atomic E-state index is -0.525. The van der Waals surface area contributed by atoms with Gasteiger partial charge < -0.3 is 9.64 Å². The first-order chi connectivity index (χ1) is 13.7. The molecule has 2 heterocycles. The second-order valence-corrected chi connectivity index (χ2v) is 8.07. The normalized spacial score (nSPS) is 18.8. The summed E-state index contributed by atoms with van der Waals surface area (Å²) >= 11 is 1.58. The zero-order valence-electron chi connectivity index (χ0n) is 16.8. The highest BCUT2D eigenvalue weighted by Crippen LogP contribution is 2.41. The van der Waals surface area contributed by atoms with E-state index in [1.807, 2.05) is 24.3 Å². The molecule has 0 saturated carbocycles. The molecule has 6 heteroatoms. The van der Waals surface area contributed by atoms with Crippen LogP contribution in [0.2, 0.25) is 0 Å². The summed E-state index contributed by atoms with van der Waals surface area (Å²) < 4.78 is 5.21. The van der Waals surface area contributed by atoms with Gasteiger partial charge in [-0.15, -0.1) is 18.3 Å². The Morgan fingerprint density at radius 3 is 2.68 bits per heavy atom. The van der Waals surface area contributed by atoms with Crippen LogP contribution in [0.25, 0.3) is 0 Å². The maximum Gasteiger partial charge on any atom is 0.329 e. The fourth-order valence-electron chi connectivity index (χ4n) is 3.38. The number of ether oxygens (including phenoxy) is 1. The van der Waals surface area contributed by atoms with E-state index in [4.69, 9.17) is 4.74 Å². The predicted octanol–water partition coefficient (Wildman–Crippen LogP) is 4.89. The molecule has 1 aliphatic rings. The molecule has 0 radical (unpaired) electrons. The number of esters is 1. The number of carbonyl (C=O) groups is 2. The third kappa shape index (κ3) is 6.66. The van der Waals surface area contributed by atoms with Gasteiger partial charge in [0.15, 0.2) is 0 Å². The van der Waals surface area contributed by atoms with Crippen molar-refractivity contribution in [2.24, 2.45) is 0 Å². The first-order valence-corrected chi connectivity index (χ1v) is 11.3. The fraction of sp³-hybridized carbons (Fsp3) is 0.591. The van der Waals surface area contributed by atoms with Gasteiger partial charge in [-0.05, 0) is 38.3 Å². The molecule has 154 valence electrons. The summed E-state index contributed by atoms with van der Waals surface area (Å²) in [7, 11) is 0. The SMILES string of the molecule is C=CCCCCCCCCC(=O)N1C(C(=O)OCC)CSC1c1ccccn1. The van der Waals surface area contributed by atoms with Crippen LogP contribution in [0.3, 0.4) is 0 Å². The van der Waals surface area contributed by atoms with E-state index in [2.05, 4.69) is 11.6 Å². The van der Waals surface area contributed by atoms with Gasteiger partial charge in [0.25, 0.3) is 0 Å². The lowest BCUT2D eigenvalue weighted by Gasteiger charge is -2.28. The minimum Gasteiger partial charge on any atom is -0.464 e. The number of hydrogen-bond donors (Lipinski definition) is 0. The van der Waals surface area contributed by atoms with E-state index in [-0.39, 0.29) is 17.3 Å². The molecule has 0 spiro atoms. The Balaban J connectivity index is 1.90. The van der Waals surface area contributed by atoms with Gasteiger partial charge in [0, 0.05) is 18.4 Å². The van der Waals surface area contributed by atoms with Crippen LogP contribution in [0.4, 0.5) is 0 Å². The molecule has 5 nitrogen and oxygen atoms in total. The fourth-order valence-corrected chi connectivity index (χ4v) is 4.78. The molecule has 1 amide bonds. The van der Waals surface area contributed by atoms with E-state index in [0.717, 1.165) is 31.4 Å². The number of thioether (sulfide) groups is 1. The molecule has 0 N–H and O–H groups in total. The number of unbranched alkanes of at least 4 members (excludes halogenated alkanes) is 6. The first kappa shape index (κ1) is 22.5. The summed E-state index contributed by atoms with van der Waals surface area (Å²) in [6.07, 6.45) is 11.9. The molecule has 28 heavy (non-hydrogen) atoms. The maximum atomic E-state index is 13.0. The summed E-state index contributed by atoms with van der Waals surface area (Å²) in [4.78, 5) is 31.5. The lowest BCUT2D eigenvalue weighted by Crippen LogP contribution is -2.43. The molecule has 1 aromatic rings. The molecule has 0 aromatic carbocycles. The number of aromatic nitrogens is 1. The highest BCUT2D eigenvalue weighted by atomic mass is 32.2. The summed E-state index contributed by atoms with van der Waals surface area (Å²) in [5, 5.41) is -0.220. The van der Waals surface area contributed by atoms with Crippen molar-refractivity contribution in [3.63, 3.8) is 0 Å². The van der Waals surface area contributed by atoms with Gasteiger partial charge in [0.2, 0.25) is 5.91 Å². The van der Waals surface area contributed by atoms with Gasteiger partial charge in [-0.2, -0.15) is 0 Å².